The Kier molecular flexibility index (Phi) is 6.48. The second kappa shape index (κ2) is 7.62. The molecule has 6 heteroatoms. The number of hydrogen-bond donors (Lipinski definition) is 3. The zero-order chi connectivity index (χ0) is 14.4. The number of hydrogen-bond acceptors (Lipinski definition) is 4. The summed E-state index contributed by atoms with van der Waals surface area (Å²) < 4.78 is 0. The van der Waals surface area contributed by atoms with Crippen LogP contribution in [-0.2, 0) is 4.79 Å². The quantitative estimate of drug-likeness (QED) is 0.706. The van der Waals surface area contributed by atoms with Gasteiger partial charge >= 0.3 is 0 Å². The number of carbonyl (C=O) groups is 1. The van der Waals surface area contributed by atoms with Gasteiger partial charge in [0.25, 0.3) is 0 Å². The van der Waals surface area contributed by atoms with E-state index >= 15 is 0 Å². The monoisotopic (exact) mass is 302 g/mol. The number of nitrogen functional groups attached to an aromatic ring is 1. The summed E-state index contributed by atoms with van der Waals surface area (Å²) in [5, 5.41) is 12.6. The summed E-state index contributed by atoms with van der Waals surface area (Å²) in [5.74, 6) is 0.557. The SMILES string of the molecule is CC(O)C(C)SCCC(=O)Nc1ccc(N)cc1Cl. The Bertz CT molecular complexity index is 441. The standard InChI is InChI=1S/C13H19ClN2O2S/c1-8(17)9(2)19-6-5-13(18)16-12-4-3-10(15)7-11(12)14/h3-4,7-9,17H,5-6,15H2,1-2H3,(H,16,18). The molecule has 0 aliphatic rings. The molecule has 1 aromatic carbocycles. The number of nitrogens with one attached hydrogen (secondary N) is 1. The first-order chi connectivity index (χ1) is 8.90. The Hall–Kier alpha value is -0.910. The number of nitrogens with two attached hydrogens (primary N) is 1. The number of aliphatic hydroxyl groups excluding tert-OH is 1. The van der Waals surface area contributed by atoms with E-state index in [1.807, 2.05) is 6.92 Å². The molecule has 0 heterocycles. The fourth-order valence-corrected chi connectivity index (χ4v) is 2.51. The van der Waals surface area contributed by atoms with E-state index in [0.717, 1.165) is 0 Å². The van der Waals surface area contributed by atoms with Gasteiger partial charge in [-0.25, -0.2) is 0 Å². The number of rotatable bonds is 6. The van der Waals surface area contributed by atoms with Gasteiger partial charge in [0, 0.05) is 23.1 Å². The molecule has 4 N–H and O–H groups in total. The molecule has 0 saturated carbocycles. The molecule has 0 bridgehead atoms. The summed E-state index contributed by atoms with van der Waals surface area (Å²) in [4.78, 5) is 11.7. The predicted octanol–water partition coefficient (Wildman–Crippen LogP) is 2.75. The molecule has 19 heavy (non-hydrogen) atoms. The minimum Gasteiger partial charge on any atom is -0.399 e. The van der Waals surface area contributed by atoms with E-state index in [1.165, 1.54) is 0 Å². The highest BCUT2D eigenvalue weighted by Gasteiger charge is 2.11. The summed E-state index contributed by atoms with van der Waals surface area (Å²) in [5.41, 5.74) is 6.70. The first-order valence-electron chi connectivity index (χ1n) is 6.04. The van der Waals surface area contributed by atoms with E-state index in [1.54, 1.807) is 36.9 Å². The van der Waals surface area contributed by atoms with Crippen LogP contribution in [-0.4, -0.2) is 28.1 Å². The van der Waals surface area contributed by atoms with Crippen molar-refractivity contribution in [1.82, 2.24) is 0 Å². The average Bonchev–Trinajstić information content (AvgIpc) is 2.32. The van der Waals surface area contributed by atoms with Gasteiger partial charge in [-0.2, -0.15) is 11.8 Å². The molecule has 0 radical (unpaired) electrons. The van der Waals surface area contributed by atoms with Crippen LogP contribution in [0.4, 0.5) is 11.4 Å². The van der Waals surface area contributed by atoms with E-state index < -0.39 is 0 Å². The molecule has 0 spiro atoms. The Morgan fingerprint density at radius 2 is 2.21 bits per heavy atom. The van der Waals surface area contributed by atoms with Crippen molar-refractivity contribution in [2.24, 2.45) is 0 Å². The number of halogens is 1. The number of aliphatic hydroxyl groups is 1. The zero-order valence-electron chi connectivity index (χ0n) is 11.0. The molecule has 0 aromatic heterocycles. The fourth-order valence-electron chi connectivity index (χ4n) is 1.32. The van der Waals surface area contributed by atoms with Crippen molar-refractivity contribution in [1.29, 1.82) is 0 Å². The van der Waals surface area contributed by atoms with Gasteiger partial charge in [0.1, 0.15) is 0 Å². The zero-order valence-corrected chi connectivity index (χ0v) is 12.6. The summed E-state index contributed by atoms with van der Waals surface area (Å²) in [6.45, 7) is 3.68. The summed E-state index contributed by atoms with van der Waals surface area (Å²) in [6, 6.07) is 4.97. The molecule has 2 unspecified atom stereocenters. The second-order valence-electron chi connectivity index (χ2n) is 4.35. The molecule has 4 nitrogen and oxygen atoms in total. The molecule has 0 fully saturated rings. The van der Waals surface area contributed by atoms with Gasteiger partial charge < -0.3 is 16.2 Å². The van der Waals surface area contributed by atoms with Crippen molar-refractivity contribution in [2.75, 3.05) is 16.8 Å². The lowest BCUT2D eigenvalue weighted by Crippen LogP contribution is -2.18. The van der Waals surface area contributed by atoms with Crippen LogP contribution in [0.3, 0.4) is 0 Å². The van der Waals surface area contributed by atoms with Crippen molar-refractivity contribution >= 4 is 40.6 Å². The van der Waals surface area contributed by atoms with E-state index in [-0.39, 0.29) is 17.3 Å². The first kappa shape index (κ1) is 16.1. The molecule has 0 saturated heterocycles. The van der Waals surface area contributed by atoms with Crippen LogP contribution in [0.2, 0.25) is 5.02 Å². The minimum atomic E-state index is -0.375. The van der Waals surface area contributed by atoms with Crippen molar-refractivity contribution in [2.45, 2.75) is 31.6 Å². The normalized spacial score (nSPS) is 13.9. The Morgan fingerprint density at radius 1 is 1.53 bits per heavy atom. The molecule has 1 aromatic rings. The maximum atomic E-state index is 11.7. The van der Waals surface area contributed by atoms with E-state index in [9.17, 15) is 9.90 Å². The maximum absolute atomic E-state index is 11.7. The smallest absolute Gasteiger partial charge is 0.225 e. The van der Waals surface area contributed by atoms with Crippen LogP contribution in [0, 0.1) is 0 Å². The van der Waals surface area contributed by atoms with Gasteiger partial charge in [-0.15, -0.1) is 0 Å². The first-order valence-corrected chi connectivity index (χ1v) is 7.47. The fraction of sp³-hybridized carbons (Fsp3) is 0.462. The van der Waals surface area contributed by atoms with Gasteiger partial charge in [0.05, 0.1) is 16.8 Å². The maximum Gasteiger partial charge on any atom is 0.225 e. The lowest BCUT2D eigenvalue weighted by atomic mass is 10.3. The summed E-state index contributed by atoms with van der Waals surface area (Å²) >= 11 is 7.53. The van der Waals surface area contributed by atoms with Crippen LogP contribution in [0.1, 0.15) is 20.3 Å². The third-order valence-corrected chi connectivity index (χ3v) is 4.33. The molecule has 1 rings (SSSR count). The molecular weight excluding hydrogens is 284 g/mol. The molecule has 0 aliphatic heterocycles. The number of thioether (sulfide) groups is 1. The number of amides is 1. The van der Waals surface area contributed by atoms with Gasteiger partial charge in [0.2, 0.25) is 5.91 Å². The van der Waals surface area contributed by atoms with Crippen LogP contribution >= 0.6 is 23.4 Å². The van der Waals surface area contributed by atoms with Crippen molar-refractivity contribution in [3.05, 3.63) is 23.2 Å². The van der Waals surface area contributed by atoms with E-state index in [4.69, 9.17) is 17.3 Å². The van der Waals surface area contributed by atoms with Gasteiger partial charge in [-0.05, 0) is 25.1 Å². The summed E-state index contributed by atoms with van der Waals surface area (Å²) in [7, 11) is 0. The molecular formula is C13H19ClN2O2S. The van der Waals surface area contributed by atoms with Crippen molar-refractivity contribution < 1.29 is 9.90 Å². The van der Waals surface area contributed by atoms with Crippen LogP contribution < -0.4 is 11.1 Å². The highest BCUT2D eigenvalue weighted by Crippen LogP contribution is 2.24. The third kappa shape index (κ3) is 5.72. The van der Waals surface area contributed by atoms with Gasteiger partial charge in [0.15, 0.2) is 0 Å². The number of benzene rings is 1. The third-order valence-electron chi connectivity index (χ3n) is 2.66. The Morgan fingerprint density at radius 3 is 2.79 bits per heavy atom. The largest absolute Gasteiger partial charge is 0.399 e. The molecule has 2 atom stereocenters. The van der Waals surface area contributed by atoms with E-state index in [2.05, 4.69) is 5.32 Å². The highest BCUT2D eigenvalue weighted by molar-refractivity contribution is 7.99. The minimum absolute atomic E-state index is 0.100. The molecule has 106 valence electrons. The van der Waals surface area contributed by atoms with Crippen LogP contribution in [0.15, 0.2) is 18.2 Å². The number of anilines is 2. The Balaban J connectivity index is 2.39. The van der Waals surface area contributed by atoms with Crippen molar-refractivity contribution in [3.8, 4) is 0 Å². The lowest BCUT2D eigenvalue weighted by Gasteiger charge is -2.13. The second-order valence-corrected chi connectivity index (χ2v) is 6.25. The highest BCUT2D eigenvalue weighted by atomic mass is 35.5. The molecule has 0 aliphatic carbocycles. The van der Waals surface area contributed by atoms with Crippen molar-refractivity contribution in [3.63, 3.8) is 0 Å². The number of carbonyl (C=O) groups excluding carboxylic acids is 1. The lowest BCUT2D eigenvalue weighted by molar-refractivity contribution is -0.115. The predicted molar refractivity (Wildman–Crippen MR) is 82.7 cm³/mol. The summed E-state index contributed by atoms with van der Waals surface area (Å²) in [6.07, 6.45) is 0.00205. The van der Waals surface area contributed by atoms with Crippen LogP contribution in [0.25, 0.3) is 0 Å². The van der Waals surface area contributed by atoms with Gasteiger partial charge in [-0.3, -0.25) is 4.79 Å². The van der Waals surface area contributed by atoms with E-state index in [0.29, 0.717) is 28.6 Å². The molecule has 1 amide bonds. The van der Waals surface area contributed by atoms with Gasteiger partial charge in [-0.1, -0.05) is 18.5 Å². The topological polar surface area (TPSA) is 75.3 Å². The Labute approximate surface area is 122 Å². The van der Waals surface area contributed by atoms with Crippen LogP contribution in [0.5, 0.6) is 0 Å². The average molecular weight is 303 g/mol.